The van der Waals surface area contributed by atoms with Crippen molar-refractivity contribution in [1.29, 1.82) is 0 Å². The van der Waals surface area contributed by atoms with Gasteiger partial charge in [0.1, 0.15) is 0 Å². The van der Waals surface area contributed by atoms with E-state index in [0.717, 1.165) is 11.1 Å². The number of hydrogen-bond acceptors (Lipinski definition) is 2. The minimum absolute atomic E-state index is 0.00614. The van der Waals surface area contributed by atoms with Gasteiger partial charge >= 0.3 is 5.97 Å². The Hall–Kier alpha value is -1.84. The lowest BCUT2D eigenvalue weighted by Gasteiger charge is -2.23. The summed E-state index contributed by atoms with van der Waals surface area (Å²) in [5, 5.41) is 9.74. The molecule has 4 heteroatoms. The normalized spacial score (nSPS) is 13.7. The fourth-order valence-electron chi connectivity index (χ4n) is 2.26. The molecule has 0 aromatic heterocycles. The van der Waals surface area contributed by atoms with Crippen molar-refractivity contribution in [1.82, 2.24) is 0 Å². The maximum absolute atomic E-state index is 11.1. The van der Waals surface area contributed by atoms with Gasteiger partial charge in [-0.05, 0) is 23.3 Å². The third kappa shape index (κ3) is 3.59. The fourth-order valence-corrected chi connectivity index (χ4v) is 2.38. The van der Waals surface area contributed by atoms with Gasteiger partial charge in [-0.3, -0.25) is 4.79 Å². The Labute approximate surface area is 123 Å². The van der Waals surface area contributed by atoms with Crippen LogP contribution in [0.4, 0.5) is 0 Å². The lowest BCUT2D eigenvalue weighted by molar-refractivity contribution is -0.137. The highest BCUT2D eigenvalue weighted by Crippen LogP contribution is 2.32. The Morgan fingerprint density at radius 2 is 1.65 bits per heavy atom. The molecule has 104 valence electrons. The first-order valence-electron chi connectivity index (χ1n) is 6.35. The van der Waals surface area contributed by atoms with Crippen LogP contribution in [0, 0.1) is 0 Å². The Kier molecular flexibility index (Phi) is 4.77. The second-order valence-electron chi connectivity index (χ2n) is 4.69. The van der Waals surface area contributed by atoms with Crippen LogP contribution in [-0.4, -0.2) is 11.1 Å². The van der Waals surface area contributed by atoms with E-state index in [9.17, 15) is 4.79 Å². The smallest absolute Gasteiger partial charge is 0.304 e. The summed E-state index contributed by atoms with van der Waals surface area (Å²) < 4.78 is 0. The first-order chi connectivity index (χ1) is 9.58. The molecule has 0 amide bonds. The summed E-state index contributed by atoms with van der Waals surface area (Å²) in [4.78, 5) is 11.1. The fraction of sp³-hybridized carbons (Fsp3) is 0.188. The zero-order valence-electron chi connectivity index (χ0n) is 10.9. The van der Waals surface area contributed by atoms with Gasteiger partial charge in [-0.25, -0.2) is 0 Å². The lowest BCUT2D eigenvalue weighted by atomic mass is 9.85. The molecule has 20 heavy (non-hydrogen) atoms. The quantitative estimate of drug-likeness (QED) is 0.884. The van der Waals surface area contributed by atoms with Crippen molar-refractivity contribution in [3.8, 4) is 0 Å². The van der Waals surface area contributed by atoms with Crippen LogP contribution in [0.2, 0.25) is 5.02 Å². The summed E-state index contributed by atoms with van der Waals surface area (Å²) in [6.45, 7) is 0. The number of carboxylic acids is 1. The number of benzene rings is 2. The van der Waals surface area contributed by atoms with Crippen molar-refractivity contribution in [2.75, 3.05) is 0 Å². The molecule has 2 aromatic rings. The molecular formula is C16H16ClNO2. The van der Waals surface area contributed by atoms with E-state index in [1.54, 1.807) is 12.1 Å². The summed E-state index contributed by atoms with van der Waals surface area (Å²) in [6, 6.07) is 16.3. The van der Waals surface area contributed by atoms with E-state index >= 15 is 0 Å². The zero-order valence-corrected chi connectivity index (χ0v) is 11.6. The highest BCUT2D eigenvalue weighted by atomic mass is 35.5. The predicted octanol–water partition coefficient (Wildman–Crippen LogP) is 3.60. The maximum atomic E-state index is 11.1. The Morgan fingerprint density at radius 1 is 1.05 bits per heavy atom. The number of halogens is 1. The third-order valence-corrected chi connectivity index (χ3v) is 3.56. The summed E-state index contributed by atoms with van der Waals surface area (Å²) in [6.07, 6.45) is -0.00614. The van der Waals surface area contributed by atoms with Gasteiger partial charge in [0.05, 0.1) is 6.42 Å². The van der Waals surface area contributed by atoms with Crippen molar-refractivity contribution in [2.24, 2.45) is 5.73 Å². The van der Waals surface area contributed by atoms with Crippen molar-refractivity contribution < 1.29 is 9.90 Å². The van der Waals surface area contributed by atoms with Gasteiger partial charge in [0.15, 0.2) is 0 Å². The standard InChI is InChI=1S/C16H16ClNO2/c17-13-8-6-12(7-9-13)16(18)14(10-15(19)20)11-4-2-1-3-5-11/h1-9,14,16H,10,18H2,(H,19,20). The van der Waals surface area contributed by atoms with Gasteiger partial charge in [-0.15, -0.1) is 0 Å². The van der Waals surface area contributed by atoms with Crippen molar-refractivity contribution >= 4 is 17.6 Å². The molecule has 2 atom stereocenters. The van der Waals surface area contributed by atoms with Crippen LogP contribution in [0.3, 0.4) is 0 Å². The number of carboxylic acid groups (broad SMARTS) is 1. The van der Waals surface area contributed by atoms with Gasteiger partial charge in [0.2, 0.25) is 0 Å². The molecule has 0 saturated carbocycles. The van der Waals surface area contributed by atoms with E-state index in [1.807, 2.05) is 42.5 Å². The van der Waals surface area contributed by atoms with Crippen LogP contribution in [-0.2, 0) is 4.79 Å². The Morgan fingerprint density at radius 3 is 2.20 bits per heavy atom. The minimum atomic E-state index is -0.858. The molecule has 0 heterocycles. The molecule has 0 aliphatic heterocycles. The van der Waals surface area contributed by atoms with E-state index in [1.165, 1.54) is 0 Å². The van der Waals surface area contributed by atoms with Crippen molar-refractivity contribution in [2.45, 2.75) is 18.4 Å². The maximum Gasteiger partial charge on any atom is 0.304 e. The van der Waals surface area contributed by atoms with Crippen LogP contribution in [0.5, 0.6) is 0 Å². The number of hydrogen-bond donors (Lipinski definition) is 2. The van der Waals surface area contributed by atoms with Gasteiger partial charge < -0.3 is 10.8 Å². The number of rotatable bonds is 5. The largest absolute Gasteiger partial charge is 0.481 e. The summed E-state index contributed by atoms with van der Waals surface area (Å²) in [5.74, 6) is -1.13. The van der Waals surface area contributed by atoms with Crippen LogP contribution >= 0.6 is 11.6 Å². The monoisotopic (exact) mass is 289 g/mol. The zero-order chi connectivity index (χ0) is 14.5. The average molecular weight is 290 g/mol. The molecule has 2 rings (SSSR count). The van der Waals surface area contributed by atoms with E-state index < -0.39 is 5.97 Å². The molecule has 0 spiro atoms. The summed E-state index contributed by atoms with van der Waals surface area (Å²) >= 11 is 5.86. The molecular weight excluding hydrogens is 274 g/mol. The topological polar surface area (TPSA) is 63.3 Å². The van der Waals surface area contributed by atoms with E-state index in [4.69, 9.17) is 22.4 Å². The van der Waals surface area contributed by atoms with Crippen LogP contribution in [0.1, 0.15) is 29.5 Å². The average Bonchev–Trinajstić information content (AvgIpc) is 2.45. The van der Waals surface area contributed by atoms with Crippen molar-refractivity contribution in [3.63, 3.8) is 0 Å². The first-order valence-corrected chi connectivity index (χ1v) is 6.73. The summed E-state index contributed by atoms with van der Waals surface area (Å²) in [7, 11) is 0. The second-order valence-corrected chi connectivity index (χ2v) is 5.13. The molecule has 0 aliphatic carbocycles. The molecule has 0 saturated heterocycles. The third-order valence-electron chi connectivity index (χ3n) is 3.31. The first kappa shape index (κ1) is 14.6. The van der Waals surface area contributed by atoms with Crippen LogP contribution < -0.4 is 5.73 Å². The predicted molar refractivity (Wildman–Crippen MR) is 79.8 cm³/mol. The van der Waals surface area contributed by atoms with E-state index in [0.29, 0.717) is 5.02 Å². The number of aliphatic carboxylic acids is 1. The number of nitrogens with two attached hydrogens (primary N) is 1. The highest BCUT2D eigenvalue weighted by molar-refractivity contribution is 6.30. The second kappa shape index (κ2) is 6.55. The molecule has 0 aliphatic rings. The molecule has 3 N–H and O–H groups in total. The van der Waals surface area contributed by atoms with Crippen LogP contribution in [0.25, 0.3) is 0 Å². The molecule has 0 fully saturated rings. The van der Waals surface area contributed by atoms with Crippen LogP contribution in [0.15, 0.2) is 54.6 Å². The van der Waals surface area contributed by atoms with Gasteiger partial charge in [-0.2, -0.15) is 0 Å². The molecule has 0 bridgehead atoms. The molecule has 2 unspecified atom stereocenters. The van der Waals surface area contributed by atoms with Gasteiger partial charge in [0, 0.05) is 17.0 Å². The highest BCUT2D eigenvalue weighted by Gasteiger charge is 2.23. The lowest BCUT2D eigenvalue weighted by Crippen LogP contribution is -2.22. The SMILES string of the molecule is NC(c1ccc(Cl)cc1)C(CC(=O)O)c1ccccc1. The Bertz CT molecular complexity index is 569. The minimum Gasteiger partial charge on any atom is -0.481 e. The van der Waals surface area contributed by atoms with E-state index in [-0.39, 0.29) is 18.4 Å². The van der Waals surface area contributed by atoms with Crippen molar-refractivity contribution in [3.05, 3.63) is 70.7 Å². The molecule has 0 radical (unpaired) electrons. The number of carbonyl (C=O) groups is 1. The molecule has 3 nitrogen and oxygen atoms in total. The summed E-state index contributed by atoms with van der Waals surface area (Å²) in [5.41, 5.74) is 8.07. The van der Waals surface area contributed by atoms with Gasteiger partial charge in [-0.1, -0.05) is 54.1 Å². The van der Waals surface area contributed by atoms with Gasteiger partial charge in [0.25, 0.3) is 0 Å². The molecule has 2 aromatic carbocycles. The Balaban J connectivity index is 2.31. The van der Waals surface area contributed by atoms with E-state index in [2.05, 4.69) is 0 Å².